The van der Waals surface area contributed by atoms with Crippen LogP contribution in [-0.2, 0) is 4.79 Å². The van der Waals surface area contributed by atoms with Gasteiger partial charge in [-0.2, -0.15) is 0 Å². The molecule has 1 saturated heterocycles. The summed E-state index contributed by atoms with van der Waals surface area (Å²) in [5.41, 5.74) is 5.67. The Kier molecular flexibility index (Phi) is 8.61. The summed E-state index contributed by atoms with van der Waals surface area (Å²) < 4.78 is 0. The molecule has 0 aromatic heterocycles. The molecule has 0 bridgehead atoms. The highest BCUT2D eigenvalue weighted by molar-refractivity contribution is 5.85. The van der Waals surface area contributed by atoms with Crippen molar-refractivity contribution < 1.29 is 4.79 Å². The Bertz CT molecular complexity index is 219. The van der Waals surface area contributed by atoms with Gasteiger partial charge < -0.3 is 10.6 Å². The fourth-order valence-electron chi connectivity index (χ4n) is 2.44. The first-order valence-corrected chi connectivity index (χ1v) is 6.66. The van der Waals surface area contributed by atoms with E-state index in [4.69, 9.17) is 5.73 Å². The smallest absolute Gasteiger partial charge is 0.222 e. The second-order valence-corrected chi connectivity index (χ2v) is 5.15. The van der Waals surface area contributed by atoms with Crippen LogP contribution in [-0.4, -0.2) is 29.9 Å². The molecule has 1 amide bonds. The molecule has 2 N–H and O–H groups in total. The Morgan fingerprint density at radius 1 is 1.53 bits per heavy atom. The van der Waals surface area contributed by atoms with Crippen LogP contribution in [0.25, 0.3) is 0 Å². The maximum absolute atomic E-state index is 11.9. The Morgan fingerprint density at radius 2 is 2.24 bits per heavy atom. The molecule has 0 aromatic carbocycles. The van der Waals surface area contributed by atoms with Gasteiger partial charge in [0.1, 0.15) is 0 Å². The fourth-order valence-corrected chi connectivity index (χ4v) is 2.44. The van der Waals surface area contributed by atoms with Gasteiger partial charge in [0.05, 0.1) is 0 Å². The minimum Gasteiger partial charge on any atom is -0.342 e. The summed E-state index contributed by atoms with van der Waals surface area (Å²) in [6, 6.07) is 0.139. The van der Waals surface area contributed by atoms with E-state index in [0.29, 0.717) is 12.3 Å². The van der Waals surface area contributed by atoms with Gasteiger partial charge in [-0.1, -0.05) is 13.3 Å². The lowest BCUT2D eigenvalue weighted by atomic mass is 9.93. The van der Waals surface area contributed by atoms with E-state index in [1.807, 2.05) is 11.8 Å². The third-order valence-electron chi connectivity index (χ3n) is 3.38. The van der Waals surface area contributed by atoms with Crippen molar-refractivity contribution in [3.8, 4) is 0 Å². The summed E-state index contributed by atoms with van der Waals surface area (Å²) in [6.45, 7) is 6.11. The molecule has 1 aliphatic heterocycles. The van der Waals surface area contributed by atoms with Crippen LogP contribution < -0.4 is 5.73 Å². The number of rotatable bonds is 5. The number of hydrogen-bond donors (Lipinski definition) is 1. The van der Waals surface area contributed by atoms with Crippen molar-refractivity contribution >= 4 is 18.3 Å². The molecule has 4 heteroatoms. The van der Waals surface area contributed by atoms with Crippen molar-refractivity contribution in [3.63, 3.8) is 0 Å². The third kappa shape index (κ3) is 6.27. The van der Waals surface area contributed by atoms with Crippen LogP contribution in [0.4, 0.5) is 0 Å². The predicted molar refractivity (Wildman–Crippen MR) is 74.3 cm³/mol. The molecule has 0 spiro atoms. The largest absolute Gasteiger partial charge is 0.342 e. The summed E-state index contributed by atoms with van der Waals surface area (Å²) in [6.07, 6.45) is 6.40. The molecule has 102 valence electrons. The molecule has 0 aromatic rings. The van der Waals surface area contributed by atoms with Crippen molar-refractivity contribution in [2.75, 3.05) is 13.1 Å². The number of nitrogens with two attached hydrogens (primary N) is 1. The second kappa shape index (κ2) is 8.76. The fraction of sp³-hybridized carbons (Fsp3) is 0.923. The van der Waals surface area contributed by atoms with Crippen LogP contribution in [0.1, 0.15) is 52.4 Å². The van der Waals surface area contributed by atoms with Crippen LogP contribution in [0, 0.1) is 5.92 Å². The van der Waals surface area contributed by atoms with Crippen molar-refractivity contribution in [1.82, 2.24) is 4.90 Å². The molecule has 17 heavy (non-hydrogen) atoms. The number of amides is 1. The molecular formula is C13H27ClN2O. The molecule has 0 aliphatic carbocycles. The number of likely N-dealkylation sites (tertiary alicyclic amines) is 1. The number of carbonyl (C=O) groups excluding carboxylic acids is 1. The first kappa shape index (κ1) is 16.7. The van der Waals surface area contributed by atoms with Gasteiger partial charge in [0, 0.05) is 25.6 Å². The third-order valence-corrected chi connectivity index (χ3v) is 3.38. The minimum absolute atomic E-state index is 0. The van der Waals surface area contributed by atoms with Gasteiger partial charge in [0.25, 0.3) is 0 Å². The number of piperidine rings is 1. The number of nitrogens with zero attached hydrogens (tertiary/aromatic N) is 1. The highest BCUT2D eigenvalue weighted by atomic mass is 35.5. The summed E-state index contributed by atoms with van der Waals surface area (Å²) in [7, 11) is 0. The Balaban J connectivity index is 0.00000256. The van der Waals surface area contributed by atoms with E-state index in [1.54, 1.807) is 0 Å². The van der Waals surface area contributed by atoms with E-state index in [9.17, 15) is 4.79 Å². The zero-order chi connectivity index (χ0) is 12.0. The lowest BCUT2D eigenvalue weighted by Gasteiger charge is -2.33. The van der Waals surface area contributed by atoms with Crippen LogP contribution >= 0.6 is 12.4 Å². The highest BCUT2D eigenvalue weighted by Crippen LogP contribution is 2.21. The molecule has 1 aliphatic rings. The Hall–Kier alpha value is -0.280. The lowest BCUT2D eigenvalue weighted by Crippen LogP contribution is -2.40. The number of carbonyl (C=O) groups is 1. The molecule has 2 unspecified atom stereocenters. The van der Waals surface area contributed by atoms with Crippen molar-refractivity contribution in [2.45, 2.75) is 58.4 Å². The summed E-state index contributed by atoms with van der Waals surface area (Å²) >= 11 is 0. The summed E-state index contributed by atoms with van der Waals surface area (Å²) in [5.74, 6) is 1.04. The Labute approximate surface area is 112 Å². The molecule has 1 rings (SSSR count). The number of hydrogen-bond acceptors (Lipinski definition) is 2. The first-order valence-electron chi connectivity index (χ1n) is 6.66. The molecule has 3 nitrogen and oxygen atoms in total. The normalized spacial score (nSPS) is 21.8. The van der Waals surface area contributed by atoms with Gasteiger partial charge in [-0.25, -0.2) is 0 Å². The lowest BCUT2D eigenvalue weighted by molar-refractivity contribution is -0.133. The van der Waals surface area contributed by atoms with E-state index in [0.717, 1.165) is 25.4 Å². The summed E-state index contributed by atoms with van der Waals surface area (Å²) in [4.78, 5) is 14.0. The van der Waals surface area contributed by atoms with E-state index in [2.05, 4.69) is 6.92 Å². The molecule has 0 radical (unpaired) electrons. The zero-order valence-electron chi connectivity index (χ0n) is 11.2. The van der Waals surface area contributed by atoms with Crippen molar-refractivity contribution in [2.24, 2.45) is 11.7 Å². The first-order chi connectivity index (χ1) is 7.63. The quantitative estimate of drug-likeness (QED) is 0.828. The summed E-state index contributed by atoms with van der Waals surface area (Å²) in [5, 5.41) is 0. The van der Waals surface area contributed by atoms with Crippen LogP contribution in [0.2, 0.25) is 0 Å². The molecule has 1 fully saturated rings. The zero-order valence-corrected chi connectivity index (χ0v) is 12.0. The van der Waals surface area contributed by atoms with E-state index < -0.39 is 0 Å². The second-order valence-electron chi connectivity index (χ2n) is 5.15. The van der Waals surface area contributed by atoms with Gasteiger partial charge in [0.15, 0.2) is 0 Å². The maximum atomic E-state index is 11.9. The molecule has 2 atom stereocenters. The SMILES string of the molecule is CCCC1CCCN(C(=O)CCC(C)N)C1.Cl. The van der Waals surface area contributed by atoms with Gasteiger partial charge in [-0.3, -0.25) is 4.79 Å². The number of halogens is 1. The Morgan fingerprint density at radius 3 is 2.82 bits per heavy atom. The highest BCUT2D eigenvalue weighted by Gasteiger charge is 2.22. The maximum Gasteiger partial charge on any atom is 0.222 e. The topological polar surface area (TPSA) is 46.3 Å². The van der Waals surface area contributed by atoms with Gasteiger partial charge in [0.2, 0.25) is 5.91 Å². The standard InChI is InChI=1S/C13H26N2O.ClH/c1-3-5-12-6-4-9-15(10-12)13(16)8-7-11(2)14;/h11-12H,3-10,14H2,1-2H3;1H. The van der Waals surface area contributed by atoms with Gasteiger partial charge >= 0.3 is 0 Å². The van der Waals surface area contributed by atoms with E-state index in [1.165, 1.54) is 25.7 Å². The minimum atomic E-state index is 0. The van der Waals surface area contributed by atoms with E-state index >= 15 is 0 Å². The molecular weight excluding hydrogens is 236 g/mol. The van der Waals surface area contributed by atoms with Crippen molar-refractivity contribution in [1.29, 1.82) is 0 Å². The average Bonchev–Trinajstić information content (AvgIpc) is 2.26. The molecule has 0 saturated carbocycles. The van der Waals surface area contributed by atoms with Gasteiger partial charge in [-0.15, -0.1) is 12.4 Å². The predicted octanol–water partition coefficient (Wildman–Crippen LogP) is 2.57. The van der Waals surface area contributed by atoms with Crippen molar-refractivity contribution in [3.05, 3.63) is 0 Å². The van der Waals surface area contributed by atoms with Crippen LogP contribution in [0.5, 0.6) is 0 Å². The average molecular weight is 263 g/mol. The molecule has 1 heterocycles. The van der Waals surface area contributed by atoms with Crippen LogP contribution in [0.3, 0.4) is 0 Å². The van der Waals surface area contributed by atoms with E-state index in [-0.39, 0.29) is 18.4 Å². The monoisotopic (exact) mass is 262 g/mol. The van der Waals surface area contributed by atoms with Crippen LogP contribution in [0.15, 0.2) is 0 Å². The van der Waals surface area contributed by atoms with Gasteiger partial charge in [-0.05, 0) is 38.5 Å².